The van der Waals surface area contributed by atoms with Crippen molar-refractivity contribution in [2.75, 3.05) is 19.6 Å². The van der Waals surface area contributed by atoms with Gasteiger partial charge in [0.05, 0.1) is 0 Å². The number of hydrogen-bond donors (Lipinski definition) is 2. The van der Waals surface area contributed by atoms with Crippen LogP contribution in [0.3, 0.4) is 0 Å². The number of nitrogens with one attached hydrogen (secondary N) is 1. The minimum absolute atomic E-state index is 0.0197. The lowest BCUT2D eigenvalue weighted by Gasteiger charge is -2.52. The van der Waals surface area contributed by atoms with Crippen LogP contribution in [0.5, 0.6) is 0 Å². The average molecular weight is 458 g/mol. The molecule has 2 aliphatic rings. The summed E-state index contributed by atoms with van der Waals surface area (Å²) in [5.41, 5.74) is 1.48. The molecule has 0 bridgehead atoms. The molecule has 0 aliphatic carbocycles. The highest BCUT2D eigenvalue weighted by Crippen LogP contribution is 2.34. The highest BCUT2D eigenvalue weighted by atomic mass is 16.4. The number of carbonyl (C=O) groups excluding carboxylic acids is 2. The number of likely N-dealkylation sites (tertiary alicyclic amines) is 1. The van der Waals surface area contributed by atoms with E-state index in [2.05, 4.69) is 43.1 Å². The topological polar surface area (TPSA) is 90.0 Å². The van der Waals surface area contributed by atoms with Crippen molar-refractivity contribution in [2.45, 2.75) is 83.8 Å². The fourth-order valence-corrected chi connectivity index (χ4v) is 5.05. The monoisotopic (exact) mass is 457 g/mol. The van der Waals surface area contributed by atoms with Gasteiger partial charge >= 0.3 is 5.97 Å². The zero-order chi connectivity index (χ0) is 24.0. The molecule has 0 radical (unpaired) electrons. The smallest absolute Gasteiger partial charge is 0.303 e. The molecule has 2 amide bonds. The Balaban J connectivity index is 1.64. The maximum atomic E-state index is 13.3. The third kappa shape index (κ3) is 6.14. The molecule has 3 rings (SSSR count). The first-order valence-corrected chi connectivity index (χ1v) is 12.4. The van der Waals surface area contributed by atoms with Crippen LogP contribution in [-0.4, -0.2) is 63.9 Å². The van der Waals surface area contributed by atoms with E-state index < -0.39 is 17.6 Å². The summed E-state index contributed by atoms with van der Waals surface area (Å²) in [5, 5.41) is 11.9. The number of nitrogens with zero attached hydrogens (tertiary/aromatic N) is 2. The normalized spacial score (nSPS) is 21.0. The number of aliphatic carboxylic acids is 1. The third-order valence-corrected chi connectivity index (χ3v) is 6.99. The van der Waals surface area contributed by atoms with Gasteiger partial charge < -0.3 is 15.3 Å². The zero-order valence-electron chi connectivity index (χ0n) is 20.3. The number of carboxylic acids is 1. The summed E-state index contributed by atoms with van der Waals surface area (Å²) in [6, 6.07) is 7.71. The van der Waals surface area contributed by atoms with E-state index in [0.29, 0.717) is 38.1 Å². The molecular formula is C26H39N3O4. The Labute approximate surface area is 197 Å². The van der Waals surface area contributed by atoms with Crippen molar-refractivity contribution in [3.05, 3.63) is 35.4 Å². The highest BCUT2D eigenvalue weighted by Gasteiger charge is 2.53. The predicted octanol–water partition coefficient (Wildman–Crippen LogP) is 3.21. The van der Waals surface area contributed by atoms with Crippen LogP contribution in [0.4, 0.5) is 0 Å². The van der Waals surface area contributed by atoms with Crippen LogP contribution >= 0.6 is 0 Å². The Bertz CT molecular complexity index is 828. The standard InChI is InChI=1S/C26H39N3O4/c1-4-5-14-29-24(32)22(17-19(2)3)27-25(33)26(29)12-15-28(16-13-26)18-21-8-6-20(7-9-21)10-11-23(30)31/h6-9,19,22H,4-5,10-18H2,1-3H3,(H,27,33)(H,30,31). The van der Waals surface area contributed by atoms with Gasteiger partial charge in [-0.15, -0.1) is 0 Å². The van der Waals surface area contributed by atoms with Crippen molar-refractivity contribution in [3.63, 3.8) is 0 Å². The summed E-state index contributed by atoms with van der Waals surface area (Å²) < 4.78 is 0. The second-order valence-electron chi connectivity index (χ2n) is 10.0. The van der Waals surface area contributed by atoms with E-state index in [-0.39, 0.29) is 18.2 Å². The molecular weight excluding hydrogens is 418 g/mol. The van der Waals surface area contributed by atoms with Crippen LogP contribution in [0.25, 0.3) is 0 Å². The van der Waals surface area contributed by atoms with E-state index in [1.165, 1.54) is 5.56 Å². The second kappa shape index (κ2) is 11.1. The molecule has 33 heavy (non-hydrogen) atoms. The molecule has 7 nitrogen and oxygen atoms in total. The van der Waals surface area contributed by atoms with Gasteiger partial charge in [0.1, 0.15) is 11.6 Å². The number of unbranched alkanes of at least 4 members (excludes halogenated alkanes) is 1. The van der Waals surface area contributed by atoms with Crippen LogP contribution in [0.1, 0.15) is 70.4 Å². The van der Waals surface area contributed by atoms with Gasteiger partial charge in [-0.1, -0.05) is 51.5 Å². The van der Waals surface area contributed by atoms with E-state index in [1.807, 2.05) is 17.0 Å². The molecule has 2 N–H and O–H groups in total. The summed E-state index contributed by atoms with van der Waals surface area (Å²) in [5.74, 6) is -0.331. The molecule has 0 saturated carbocycles. The molecule has 1 aromatic carbocycles. The van der Waals surface area contributed by atoms with Crippen LogP contribution in [0, 0.1) is 5.92 Å². The van der Waals surface area contributed by atoms with Crippen molar-refractivity contribution in [3.8, 4) is 0 Å². The van der Waals surface area contributed by atoms with Gasteiger partial charge in [-0.25, -0.2) is 0 Å². The fraction of sp³-hybridized carbons (Fsp3) is 0.654. The molecule has 2 fully saturated rings. The van der Waals surface area contributed by atoms with E-state index in [9.17, 15) is 14.4 Å². The van der Waals surface area contributed by atoms with Crippen molar-refractivity contribution < 1.29 is 19.5 Å². The second-order valence-corrected chi connectivity index (χ2v) is 10.0. The van der Waals surface area contributed by atoms with Crippen molar-refractivity contribution in [2.24, 2.45) is 5.92 Å². The summed E-state index contributed by atoms with van der Waals surface area (Å²) >= 11 is 0. The summed E-state index contributed by atoms with van der Waals surface area (Å²) in [6.07, 6.45) is 4.56. The van der Waals surface area contributed by atoms with Crippen LogP contribution < -0.4 is 5.32 Å². The molecule has 1 atom stereocenters. The number of piperazine rings is 1. The number of carbonyl (C=O) groups is 3. The van der Waals surface area contributed by atoms with Crippen LogP contribution in [0.15, 0.2) is 24.3 Å². The Morgan fingerprint density at radius 1 is 1.15 bits per heavy atom. The van der Waals surface area contributed by atoms with Crippen LogP contribution in [0.2, 0.25) is 0 Å². The number of carboxylic acid groups (broad SMARTS) is 1. The molecule has 1 unspecified atom stereocenters. The van der Waals surface area contributed by atoms with Gasteiger partial charge in [0.25, 0.3) is 0 Å². The Morgan fingerprint density at radius 2 is 1.79 bits per heavy atom. The van der Waals surface area contributed by atoms with Gasteiger partial charge in [0.15, 0.2) is 0 Å². The maximum absolute atomic E-state index is 13.3. The lowest BCUT2D eigenvalue weighted by molar-refractivity contribution is -0.161. The van der Waals surface area contributed by atoms with Crippen LogP contribution in [-0.2, 0) is 27.3 Å². The number of benzene rings is 1. The molecule has 2 saturated heterocycles. The first-order valence-electron chi connectivity index (χ1n) is 12.4. The number of piperidine rings is 1. The minimum Gasteiger partial charge on any atom is -0.481 e. The SMILES string of the molecule is CCCCN1C(=O)C(CC(C)C)NC(=O)C12CCN(Cc1ccc(CCC(=O)O)cc1)CC2. The largest absolute Gasteiger partial charge is 0.481 e. The summed E-state index contributed by atoms with van der Waals surface area (Å²) in [7, 11) is 0. The number of rotatable bonds is 10. The highest BCUT2D eigenvalue weighted by molar-refractivity contribution is 6.00. The molecule has 0 aromatic heterocycles. The van der Waals surface area contributed by atoms with Crippen molar-refractivity contribution >= 4 is 17.8 Å². The predicted molar refractivity (Wildman–Crippen MR) is 128 cm³/mol. The number of aryl methyl sites for hydroxylation is 1. The molecule has 1 spiro atoms. The average Bonchev–Trinajstić information content (AvgIpc) is 2.78. The third-order valence-electron chi connectivity index (χ3n) is 6.99. The van der Waals surface area contributed by atoms with Gasteiger partial charge in [-0.05, 0) is 49.1 Å². The van der Waals surface area contributed by atoms with Gasteiger partial charge in [-0.3, -0.25) is 19.3 Å². The van der Waals surface area contributed by atoms with E-state index in [0.717, 1.165) is 38.0 Å². The van der Waals surface area contributed by atoms with Gasteiger partial charge in [0, 0.05) is 32.6 Å². The molecule has 2 heterocycles. The first kappa shape index (κ1) is 25.2. The quantitative estimate of drug-likeness (QED) is 0.563. The van der Waals surface area contributed by atoms with E-state index in [4.69, 9.17) is 5.11 Å². The molecule has 7 heteroatoms. The Hall–Kier alpha value is -2.41. The minimum atomic E-state index is -0.782. The Kier molecular flexibility index (Phi) is 8.51. The number of hydrogen-bond acceptors (Lipinski definition) is 4. The zero-order valence-corrected chi connectivity index (χ0v) is 20.3. The van der Waals surface area contributed by atoms with Gasteiger partial charge in [-0.2, -0.15) is 0 Å². The first-order chi connectivity index (χ1) is 15.7. The summed E-state index contributed by atoms with van der Waals surface area (Å²) in [6.45, 7) is 9.24. The summed E-state index contributed by atoms with van der Waals surface area (Å²) in [4.78, 5) is 41.7. The van der Waals surface area contributed by atoms with Crippen molar-refractivity contribution in [1.82, 2.24) is 15.1 Å². The molecule has 1 aromatic rings. The number of amides is 2. The van der Waals surface area contributed by atoms with Gasteiger partial charge in [0.2, 0.25) is 11.8 Å². The Morgan fingerprint density at radius 3 is 2.36 bits per heavy atom. The van der Waals surface area contributed by atoms with Crippen molar-refractivity contribution in [1.29, 1.82) is 0 Å². The molecule has 182 valence electrons. The fourth-order valence-electron chi connectivity index (χ4n) is 5.05. The maximum Gasteiger partial charge on any atom is 0.303 e. The lowest BCUT2D eigenvalue weighted by Crippen LogP contribution is -2.73. The lowest BCUT2D eigenvalue weighted by atomic mass is 9.80. The van der Waals surface area contributed by atoms with E-state index in [1.54, 1.807) is 0 Å². The molecule has 2 aliphatic heterocycles. The van der Waals surface area contributed by atoms with E-state index >= 15 is 0 Å².